The van der Waals surface area contributed by atoms with E-state index in [0.29, 0.717) is 5.56 Å². The number of ether oxygens (including phenoxy) is 2. The topological polar surface area (TPSA) is 120 Å². The molecule has 0 unspecified atom stereocenters. The average molecular weight is 434 g/mol. The number of hydrogen-bond acceptors (Lipinski definition) is 8. The summed E-state index contributed by atoms with van der Waals surface area (Å²) in [7, 11) is 0. The van der Waals surface area contributed by atoms with Crippen molar-refractivity contribution < 1.29 is 19.1 Å². The Labute approximate surface area is 177 Å². The molecule has 0 saturated heterocycles. The second-order valence-electron chi connectivity index (χ2n) is 6.45. The number of nitrogens with zero attached hydrogens (tertiary/aromatic N) is 1. The van der Waals surface area contributed by atoms with Crippen LogP contribution < -0.4 is 20.5 Å². The number of carbonyl (C=O) groups excluding carboxylic acids is 2. The van der Waals surface area contributed by atoms with Gasteiger partial charge in [0.1, 0.15) is 16.5 Å². The number of nitroso groups, excluding NO2 is 1. The van der Waals surface area contributed by atoms with Gasteiger partial charge in [0.25, 0.3) is 5.91 Å². The standard InChI is InChI=1S/C19H19N3O5S2/c1-19(2,29-22-25)11-21-17(23)14-5-3-4-6-15(14)27-18(24)26-13-9-7-12(8-10-13)16(20)28/h3-10H,11H2,1-2H3,(H2,20,28)(H,21,23). The summed E-state index contributed by atoms with van der Waals surface area (Å²) in [6, 6.07) is 12.5. The van der Waals surface area contributed by atoms with E-state index in [-0.39, 0.29) is 28.6 Å². The summed E-state index contributed by atoms with van der Waals surface area (Å²) in [6.45, 7) is 3.72. The lowest BCUT2D eigenvalue weighted by Gasteiger charge is -2.20. The third-order valence-electron chi connectivity index (χ3n) is 3.62. The van der Waals surface area contributed by atoms with Crippen LogP contribution in [0.25, 0.3) is 0 Å². The van der Waals surface area contributed by atoms with Gasteiger partial charge in [-0.15, -0.1) is 4.91 Å². The third-order valence-corrected chi connectivity index (χ3v) is 4.57. The van der Waals surface area contributed by atoms with Gasteiger partial charge in [-0.1, -0.05) is 24.4 Å². The number of benzene rings is 2. The van der Waals surface area contributed by atoms with Crippen molar-refractivity contribution >= 4 is 41.2 Å². The molecule has 29 heavy (non-hydrogen) atoms. The molecule has 0 atom stereocenters. The fourth-order valence-corrected chi connectivity index (χ4v) is 2.63. The molecule has 3 N–H and O–H groups in total. The summed E-state index contributed by atoms with van der Waals surface area (Å²) in [5.74, 6) is -0.195. The van der Waals surface area contributed by atoms with Gasteiger partial charge in [0, 0.05) is 28.6 Å². The largest absolute Gasteiger partial charge is 0.519 e. The molecule has 152 valence electrons. The molecule has 0 aliphatic heterocycles. The molecule has 1 amide bonds. The molecule has 0 fully saturated rings. The van der Waals surface area contributed by atoms with E-state index in [4.69, 9.17) is 27.4 Å². The fraction of sp³-hybridized carbons (Fsp3) is 0.211. The maximum Gasteiger partial charge on any atom is 0.519 e. The second-order valence-corrected chi connectivity index (χ2v) is 8.32. The lowest BCUT2D eigenvalue weighted by molar-refractivity contribution is 0.0947. The summed E-state index contributed by atoms with van der Waals surface area (Å²) in [5.41, 5.74) is 6.30. The first kappa shape index (κ1) is 22.3. The number of carbonyl (C=O) groups is 2. The SMILES string of the molecule is CC(C)(CNC(=O)c1ccccc1OC(=O)Oc1ccc(C(N)=S)cc1)SN=O. The molecule has 0 spiro atoms. The first-order valence-electron chi connectivity index (χ1n) is 8.39. The smallest absolute Gasteiger partial charge is 0.395 e. The van der Waals surface area contributed by atoms with Crippen molar-refractivity contribution in [3.8, 4) is 11.5 Å². The molecule has 10 heteroatoms. The monoisotopic (exact) mass is 433 g/mol. The third kappa shape index (κ3) is 6.84. The van der Waals surface area contributed by atoms with E-state index >= 15 is 0 Å². The van der Waals surface area contributed by atoms with E-state index in [1.165, 1.54) is 24.3 Å². The summed E-state index contributed by atoms with van der Waals surface area (Å²) in [6.07, 6.45) is -1.01. The minimum atomic E-state index is -1.01. The second kappa shape index (κ2) is 9.99. The van der Waals surface area contributed by atoms with Crippen LogP contribution in [0, 0.1) is 4.91 Å². The highest BCUT2D eigenvalue weighted by Gasteiger charge is 2.23. The van der Waals surface area contributed by atoms with E-state index in [2.05, 4.69) is 9.90 Å². The lowest BCUT2D eigenvalue weighted by atomic mass is 10.1. The van der Waals surface area contributed by atoms with Crippen LogP contribution in [0.5, 0.6) is 11.5 Å². The van der Waals surface area contributed by atoms with Gasteiger partial charge in [0.05, 0.1) is 10.3 Å². The molecule has 2 aromatic carbocycles. The van der Waals surface area contributed by atoms with Crippen LogP contribution >= 0.6 is 24.2 Å². The molecule has 0 aromatic heterocycles. The highest BCUT2D eigenvalue weighted by molar-refractivity contribution is 7.99. The average Bonchev–Trinajstić information content (AvgIpc) is 2.67. The van der Waals surface area contributed by atoms with Crippen LogP contribution in [0.15, 0.2) is 53.1 Å². The van der Waals surface area contributed by atoms with Gasteiger partial charge in [0.15, 0.2) is 0 Å². The Morgan fingerprint density at radius 3 is 2.41 bits per heavy atom. The molecule has 0 bridgehead atoms. The fourth-order valence-electron chi connectivity index (χ4n) is 2.16. The number of rotatable bonds is 8. The van der Waals surface area contributed by atoms with Crippen LogP contribution in [0.3, 0.4) is 0 Å². The van der Waals surface area contributed by atoms with Crippen LogP contribution in [-0.4, -0.2) is 28.3 Å². The Kier molecular flexibility index (Phi) is 7.68. The predicted molar refractivity (Wildman–Crippen MR) is 115 cm³/mol. The van der Waals surface area contributed by atoms with Crippen molar-refractivity contribution in [2.45, 2.75) is 18.6 Å². The predicted octanol–water partition coefficient (Wildman–Crippen LogP) is 3.82. The van der Waals surface area contributed by atoms with E-state index in [1.54, 1.807) is 38.1 Å². The van der Waals surface area contributed by atoms with Gasteiger partial charge in [-0.25, -0.2) is 4.79 Å². The molecule has 8 nitrogen and oxygen atoms in total. The van der Waals surface area contributed by atoms with Crippen molar-refractivity contribution in [2.24, 2.45) is 10.3 Å². The molecule has 0 aliphatic carbocycles. The number of nitrogens with two attached hydrogens (primary N) is 1. The summed E-state index contributed by atoms with van der Waals surface area (Å²) in [4.78, 5) is 35.2. The Morgan fingerprint density at radius 1 is 1.14 bits per heavy atom. The molecule has 2 rings (SSSR count). The first-order chi connectivity index (χ1) is 13.7. The zero-order chi connectivity index (χ0) is 21.4. The van der Waals surface area contributed by atoms with Crippen molar-refractivity contribution in [3.63, 3.8) is 0 Å². The number of thiocarbonyl (C=S) groups is 1. The molecule has 0 saturated carbocycles. The van der Waals surface area contributed by atoms with E-state index in [9.17, 15) is 14.5 Å². The number of hydrogen-bond donors (Lipinski definition) is 2. The van der Waals surface area contributed by atoms with Crippen LogP contribution in [0.4, 0.5) is 4.79 Å². The van der Waals surface area contributed by atoms with Gasteiger partial charge in [-0.3, -0.25) is 4.79 Å². The zero-order valence-corrected chi connectivity index (χ0v) is 17.3. The van der Waals surface area contributed by atoms with Crippen molar-refractivity contribution in [3.05, 3.63) is 64.6 Å². The quantitative estimate of drug-likeness (QED) is 0.212. The van der Waals surface area contributed by atoms with E-state index < -0.39 is 16.8 Å². The number of amides is 1. The zero-order valence-electron chi connectivity index (χ0n) is 15.7. The van der Waals surface area contributed by atoms with Crippen LogP contribution in [0.1, 0.15) is 29.8 Å². The Bertz CT molecular complexity index is 916. The van der Waals surface area contributed by atoms with Crippen molar-refractivity contribution in [1.82, 2.24) is 5.32 Å². The Hall–Kier alpha value is -2.98. The van der Waals surface area contributed by atoms with Gasteiger partial charge < -0.3 is 20.5 Å². The minimum Gasteiger partial charge on any atom is -0.395 e. The minimum absolute atomic E-state index is 0.0359. The maximum atomic E-state index is 12.5. The summed E-state index contributed by atoms with van der Waals surface area (Å²) >= 11 is 5.69. The number of nitrogens with one attached hydrogen (secondary N) is 1. The Morgan fingerprint density at radius 2 is 1.79 bits per heavy atom. The molecule has 0 aliphatic rings. The van der Waals surface area contributed by atoms with Crippen LogP contribution in [-0.2, 0) is 0 Å². The molecular weight excluding hydrogens is 414 g/mol. The maximum absolute atomic E-state index is 12.5. The molecule has 0 heterocycles. The normalized spacial score (nSPS) is 10.7. The van der Waals surface area contributed by atoms with Gasteiger partial charge in [0.2, 0.25) is 0 Å². The highest BCUT2D eigenvalue weighted by atomic mass is 32.2. The number of para-hydroxylation sites is 1. The van der Waals surface area contributed by atoms with Gasteiger partial charge in [-0.2, -0.15) is 0 Å². The Balaban J connectivity index is 2.04. The summed E-state index contributed by atoms with van der Waals surface area (Å²) in [5, 5.41) is 2.69. The van der Waals surface area contributed by atoms with Crippen LogP contribution in [0.2, 0.25) is 0 Å². The molecule has 2 aromatic rings. The lowest BCUT2D eigenvalue weighted by Crippen LogP contribution is -2.36. The van der Waals surface area contributed by atoms with Crippen molar-refractivity contribution in [1.29, 1.82) is 0 Å². The highest BCUT2D eigenvalue weighted by Crippen LogP contribution is 2.25. The molecular formula is C19H19N3O5S2. The summed E-state index contributed by atoms with van der Waals surface area (Å²) < 4.78 is 12.5. The van der Waals surface area contributed by atoms with Crippen molar-refractivity contribution in [2.75, 3.05) is 6.54 Å². The van der Waals surface area contributed by atoms with E-state index in [1.807, 2.05) is 0 Å². The van der Waals surface area contributed by atoms with E-state index in [0.717, 1.165) is 11.9 Å². The molecule has 0 radical (unpaired) electrons. The van der Waals surface area contributed by atoms with Gasteiger partial charge >= 0.3 is 6.16 Å². The van der Waals surface area contributed by atoms with Gasteiger partial charge in [-0.05, 0) is 50.2 Å². The first-order valence-corrected chi connectivity index (χ1v) is 9.57.